The molecule has 1 heterocycles. The minimum Gasteiger partial charge on any atom is -0.325 e. The molecule has 6 aromatic rings. The third kappa shape index (κ3) is 6.58. The van der Waals surface area contributed by atoms with Crippen LogP contribution in [0.2, 0.25) is 0 Å². The van der Waals surface area contributed by atoms with Crippen molar-refractivity contribution < 1.29 is 0 Å². The average Bonchev–Trinajstić information content (AvgIpc) is 3.82. The zero-order chi connectivity index (χ0) is 41.0. The van der Waals surface area contributed by atoms with E-state index in [4.69, 9.17) is 23.2 Å². The van der Waals surface area contributed by atoms with Crippen molar-refractivity contribution in [1.82, 2.24) is 0 Å². The number of rotatable bonds is 6. The molecule has 1 unspecified atom stereocenters. The molecule has 6 aromatic carbocycles. The second kappa shape index (κ2) is 15.7. The summed E-state index contributed by atoms with van der Waals surface area (Å²) in [6.45, 7) is 12.2. The van der Waals surface area contributed by atoms with Gasteiger partial charge in [0, 0.05) is 35.7 Å². The quantitative estimate of drug-likeness (QED) is 0.154. The topological polar surface area (TPSA) is 6.48 Å². The van der Waals surface area contributed by atoms with Crippen LogP contribution < -0.4 is 20.4 Å². The predicted octanol–water partition coefficient (Wildman–Crippen LogP) is 13.0. The maximum absolute atomic E-state index is 7.91. The molecule has 9 rings (SSSR count). The molecule has 0 N–H and O–H groups in total. The Morgan fingerprint density at radius 3 is 1.47 bits per heavy atom. The van der Waals surface area contributed by atoms with E-state index in [1.165, 1.54) is 82.9 Å². The van der Waals surface area contributed by atoms with Gasteiger partial charge in [0.2, 0.25) is 0 Å². The van der Waals surface area contributed by atoms with E-state index in [2.05, 4.69) is 209 Å². The van der Waals surface area contributed by atoms with Crippen LogP contribution in [0.15, 0.2) is 179 Å². The lowest BCUT2D eigenvalue weighted by atomic mass is 9.99. The summed E-state index contributed by atoms with van der Waals surface area (Å²) in [6.07, 6.45) is 6.95. The molecule has 1 fully saturated rings. The maximum Gasteiger partial charge on any atom is 0.119 e. The number of hydrogen-bond acceptors (Lipinski definition) is 2. The third-order valence-corrected chi connectivity index (χ3v) is 17.7. The molecule has 0 aromatic heterocycles. The van der Waals surface area contributed by atoms with Crippen LogP contribution in [-0.2, 0) is 0 Å². The molecule has 2 aliphatic carbocycles. The Morgan fingerprint density at radius 1 is 0.542 bits per heavy atom. The molecule has 1 atom stereocenters. The second-order valence-corrected chi connectivity index (χ2v) is 20.6. The number of allylic oxidation sites excluding steroid dienone is 6. The number of hydrogen-bond donors (Lipinski definition) is 0. The van der Waals surface area contributed by atoms with Gasteiger partial charge in [-0.05, 0) is 121 Å². The Morgan fingerprint density at radius 2 is 0.983 bits per heavy atom. The van der Waals surface area contributed by atoms with Crippen LogP contribution in [0.3, 0.4) is 0 Å². The zero-order valence-corrected chi connectivity index (χ0v) is 37.0. The molecule has 0 radical (unpaired) electrons. The number of nitrogens with zero attached hydrogens (tertiary/aromatic N) is 2. The van der Waals surface area contributed by atoms with Crippen LogP contribution in [0.25, 0.3) is 5.57 Å². The van der Waals surface area contributed by atoms with Gasteiger partial charge >= 0.3 is 0 Å². The molecule has 294 valence electrons. The van der Waals surface area contributed by atoms with Gasteiger partial charge in [-0.3, -0.25) is 0 Å². The van der Waals surface area contributed by atoms with Crippen molar-refractivity contribution in [2.75, 3.05) is 22.9 Å². The normalized spacial score (nSPS) is 16.6. The summed E-state index contributed by atoms with van der Waals surface area (Å²) < 4.78 is 0. The van der Waals surface area contributed by atoms with E-state index in [1.54, 1.807) is 0 Å². The molecule has 3 aliphatic rings. The van der Waals surface area contributed by atoms with E-state index in [9.17, 15) is 0 Å². The van der Waals surface area contributed by atoms with Crippen molar-refractivity contribution in [3.8, 4) is 0 Å². The van der Waals surface area contributed by atoms with Gasteiger partial charge in [-0.2, -0.15) is 0 Å². The first-order valence-electron chi connectivity index (χ1n) is 20.5. The smallest absolute Gasteiger partial charge is 0.119 e. The Bertz CT molecular complexity index is 2660. The van der Waals surface area contributed by atoms with Crippen LogP contribution in [0, 0.1) is 41.5 Å². The highest BCUT2D eigenvalue weighted by molar-refractivity contribution is 7.91. The lowest BCUT2D eigenvalue weighted by Gasteiger charge is -2.42. The molecule has 0 spiro atoms. The molecule has 2 nitrogen and oxygen atoms in total. The molecule has 59 heavy (non-hydrogen) atoms. The largest absolute Gasteiger partial charge is 0.325 e. The average molecular weight is 828 g/mol. The summed E-state index contributed by atoms with van der Waals surface area (Å²) in [5.41, 5.74) is 15.8. The number of benzene rings is 6. The summed E-state index contributed by atoms with van der Waals surface area (Å²) >= 11 is 15.2. The van der Waals surface area contributed by atoms with Gasteiger partial charge in [0.15, 0.2) is 0 Å². The highest BCUT2D eigenvalue weighted by Gasteiger charge is 2.45. The number of aryl methyl sites for hydroxylation is 6. The number of halogens is 2. The molecule has 0 amide bonds. The van der Waals surface area contributed by atoms with Crippen molar-refractivity contribution in [1.29, 1.82) is 0 Å². The molecular formula is C54H49Cl2N2P. The monoisotopic (exact) mass is 826 g/mol. The zero-order valence-electron chi connectivity index (χ0n) is 34.6. The molecule has 0 bridgehead atoms. The van der Waals surface area contributed by atoms with E-state index in [0.717, 1.165) is 24.5 Å². The van der Waals surface area contributed by atoms with E-state index >= 15 is 0 Å². The van der Waals surface area contributed by atoms with Gasteiger partial charge in [-0.15, -0.1) is 0 Å². The minimum absolute atomic E-state index is 0.188. The summed E-state index contributed by atoms with van der Waals surface area (Å²) in [5, 5.41) is 5.08. The summed E-state index contributed by atoms with van der Waals surface area (Å²) in [4.78, 5) is 5.11. The van der Waals surface area contributed by atoms with Crippen LogP contribution in [-0.4, -0.2) is 24.0 Å². The highest BCUT2D eigenvalue weighted by Crippen LogP contribution is 2.62. The Hall–Kier alpha value is -5.24. The summed E-state index contributed by atoms with van der Waals surface area (Å²) in [5.74, 6) is 1.10. The number of anilines is 2. The second-order valence-electron chi connectivity index (χ2n) is 16.2. The Balaban J connectivity index is 1.49. The fourth-order valence-corrected chi connectivity index (χ4v) is 15.7. The van der Waals surface area contributed by atoms with Gasteiger partial charge in [-0.1, -0.05) is 180 Å². The molecule has 1 aliphatic heterocycles. The first-order chi connectivity index (χ1) is 28.6. The molecule has 0 saturated carbocycles. The van der Waals surface area contributed by atoms with Gasteiger partial charge < -0.3 is 9.80 Å². The number of fused-ring (bicyclic) bond motifs is 1. The lowest BCUT2D eigenvalue weighted by Crippen LogP contribution is -2.36. The standard InChI is InChI=1S/C54H49Cl2N2P/c1-35-30-37(3)52(38(4)31-35)57-28-29-58(53-39(5)32-36(2)33-40(53)6)54(57)50-48(27-26-47(55)51(50)56)59(42-20-12-8-13-21-42,43-22-14-9-15-23-43)49-34-46(41-18-10-7-11-19-41)44-24-16-17-25-45(44)49/h7-27,30-34,48H,28-29H2,1-6H3. The van der Waals surface area contributed by atoms with Crippen LogP contribution in [0.5, 0.6) is 0 Å². The van der Waals surface area contributed by atoms with Gasteiger partial charge in [0.1, 0.15) is 5.82 Å². The minimum atomic E-state index is -2.72. The highest BCUT2D eigenvalue weighted by atomic mass is 35.5. The van der Waals surface area contributed by atoms with Crippen molar-refractivity contribution in [2.24, 2.45) is 0 Å². The van der Waals surface area contributed by atoms with E-state index in [1.807, 2.05) is 0 Å². The van der Waals surface area contributed by atoms with E-state index in [0.29, 0.717) is 10.1 Å². The van der Waals surface area contributed by atoms with Crippen molar-refractivity contribution >= 4 is 62.9 Å². The van der Waals surface area contributed by atoms with Crippen molar-refractivity contribution in [2.45, 2.75) is 47.2 Å². The lowest BCUT2D eigenvalue weighted by molar-refractivity contribution is 1.00. The first-order valence-corrected chi connectivity index (χ1v) is 23.1. The van der Waals surface area contributed by atoms with Gasteiger partial charge in [0.25, 0.3) is 0 Å². The third-order valence-electron chi connectivity index (χ3n) is 12.3. The van der Waals surface area contributed by atoms with Crippen LogP contribution in [0.4, 0.5) is 11.4 Å². The van der Waals surface area contributed by atoms with Gasteiger partial charge in [-0.25, -0.2) is 0 Å². The van der Waals surface area contributed by atoms with E-state index < -0.39 is 6.89 Å². The fraction of sp³-hybridized carbons (Fsp3) is 0.167. The predicted molar refractivity (Wildman–Crippen MR) is 258 cm³/mol. The van der Waals surface area contributed by atoms with E-state index in [-0.39, 0.29) is 5.66 Å². The fourth-order valence-electron chi connectivity index (χ4n) is 10.2. The Kier molecular flexibility index (Phi) is 10.5. The maximum atomic E-state index is 7.91. The van der Waals surface area contributed by atoms with Crippen LogP contribution >= 0.6 is 30.1 Å². The summed E-state index contributed by atoms with van der Waals surface area (Å²) in [7, 11) is 0. The first kappa shape index (κ1) is 39.2. The van der Waals surface area contributed by atoms with Crippen molar-refractivity contribution in [3.63, 3.8) is 0 Å². The van der Waals surface area contributed by atoms with Crippen LogP contribution in [0.1, 0.15) is 50.1 Å². The SMILES string of the molecule is Cc1cc(C)c(N2CCN(c3c(C)cc(C)cc3C)C2=C2C(Cl)=C(Cl)C=CC2P(=C2C=C(c3ccccc3)c3ccccc32)(c2ccccc2)c2ccccc2)c(C)c1. The molecule has 1 saturated heterocycles. The molecular weight excluding hydrogens is 778 g/mol. The van der Waals surface area contributed by atoms with Gasteiger partial charge in [0.05, 0.1) is 10.1 Å². The Labute approximate surface area is 360 Å². The van der Waals surface area contributed by atoms with Crippen molar-refractivity contribution in [3.05, 3.63) is 229 Å². The summed E-state index contributed by atoms with van der Waals surface area (Å²) in [6, 6.07) is 51.5. The molecule has 5 heteroatoms.